The summed E-state index contributed by atoms with van der Waals surface area (Å²) >= 11 is 0. The first-order valence-corrected chi connectivity index (χ1v) is 5.36. The lowest BCUT2D eigenvalue weighted by atomic mass is 10.2. The molecular weight excluding hydrogens is 204 g/mol. The summed E-state index contributed by atoms with van der Waals surface area (Å²) in [6.07, 6.45) is 0. The molecule has 1 N–H and O–H groups in total. The van der Waals surface area contributed by atoms with Gasteiger partial charge in [-0.25, -0.2) is 4.79 Å². The smallest absolute Gasteiger partial charge is 0.337 e. The molecular formula is C12H16N2O2. The molecule has 0 radical (unpaired) electrons. The van der Waals surface area contributed by atoms with E-state index in [4.69, 9.17) is 4.74 Å². The molecule has 1 atom stereocenters. The molecule has 1 aromatic carbocycles. The highest BCUT2D eigenvalue weighted by molar-refractivity contribution is 5.90. The van der Waals surface area contributed by atoms with Crippen LogP contribution in [-0.2, 0) is 4.74 Å². The van der Waals surface area contributed by atoms with Gasteiger partial charge in [-0.2, -0.15) is 0 Å². The number of hydrogen-bond acceptors (Lipinski definition) is 4. The molecule has 0 aromatic heterocycles. The third kappa shape index (κ3) is 2.17. The fourth-order valence-electron chi connectivity index (χ4n) is 1.84. The standard InChI is InChI=1S/C12H16N2O2/c1-13-7-11-8-14(11)10-5-3-4-9(6-10)12(15)16-2/h3-6,11,13H,7-8H2,1-2H3. The molecule has 4 nitrogen and oxygen atoms in total. The third-order valence-corrected chi connectivity index (χ3v) is 2.75. The SMILES string of the molecule is CNCC1CN1c1cccc(C(=O)OC)c1. The van der Waals surface area contributed by atoms with Crippen LogP contribution >= 0.6 is 0 Å². The van der Waals surface area contributed by atoms with Gasteiger partial charge in [-0.1, -0.05) is 6.07 Å². The number of carbonyl (C=O) groups excluding carboxylic acids is 1. The molecule has 86 valence electrons. The Balaban J connectivity index is 2.09. The second kappa shape index (κ2) is 4.53. The maximum atomic E-state index is 11.4. The van der Waals surface area contributed by atoms with Crippen molar-refractivity contribution in [2.45, 2.75) is 6.04 Å². The van der Waals surface area contributed by atoms with E-state index in [1.54, 1.807) is 6.07 Å². The summed E-state index contributed by atoms with van der Waals surface area (Å²) in [5.41, 5.74) is 1.69. The van der Waals surface area contributed by atoms with Crippen LogP contribution in [0, 0.1) is 0 Å². The molecule has 0 spiro atoms. The van der Waals surface area contributed by atoms with Crippen molar-refractivity contribution in [2.75, 3.05) is 32.1 Å². The first-order chi connectivity index (χ1) is 7.76. The predicted octanol–water partition coefficient (Wildman–Crippen LogP) is 0.881. The summed E-state index contributed by atoms with van der Waals surface area (Å²) in [6, 6.07) is 8.10. The molecule has 1 unspecified atom stereocenters. The summed E-state index contributed by atoms with van der Waals surface area (Å²) < 4.78 is 4.70. The van der Waals surface area contributed by atoms with Gasteiger partial charge in [0.05, 0.1) is 18.7 Å². The van der Waals surface area contributed by atoms with E-state index in [2.05, 4.69) is 10.2 Å². The van der Waals surface area contributed by atoms with Crippen LogP contribution in [0.3, 0.4) is 0 Å². The normalized spacial score (nSPS) is 18.4. The van der Waals surface area contributed by atoms with Crippen LogP contribution in [-0.4, -0.2) is 39.3 Å². The molecule has 0 amide bonds. The van der Waals surface area contributed by atoms with E-state index < -0.39 is 0 Å². The summed E-state index contributed by atoms with van der Waals surface area (Å²) in [5, 5.41) is 3.14. The number of methoxy groups -OCH3 is 1. The molecule has 1 saturated heterocycles. The molecule has 0 bridgehead atoms. The minimum absolute atomic E-state index is 0.283. The van der Waals surface area contributed by atoms with E-state index >= 15 is 0 Å². The van der Waals surface area contributed by atoms with Gasteiger partial charge in [-0.05, 0) is 25.2 Å². The number of nitrogens with zero attached hydrogens (tertiary/aromatic N) is 1. The van der Waals surface area contributed by atoms with Gasteiger partial charge >= 0.3 is 5.97 Å². The zero-order chi connectivity index (χ0) is 11.5. The number of nitrogens with one attached hydrogen (secondary N) is 1. The van der Waals surface area contributed by atoms with Gasteiger partial charge in [0, 0.05) is 18.8 Å². The van der Waals surface area contributed by atoms with Gasteiger partial charge in [-0.3, -0.25) is 0 Å². The summed E-state index contributed by atoms with van der Waals surface area (Å²) in [7, 11) is 3.34. The molecule has 1 heterocycles. The third-order valence-electron chi connectivity index (χ3n) is 2.75. The van der Waals surface area contributed by atoms with Gasteiger partial charge in [0.25, 0.3) is 0 Å². The van der Waals surface area contributed by atoms with Crippen molar-refractivity contribution in [1.82, 2.24) is 5.32 Å². The lowest BCUT2D eigenvalue weighted by molar-refractivity contribution is 0.0601. The van der Waals surface area contributed by atoms with Crippen molar-refractivity contribution < 1.29 is 9.53 Å². The van der Waals surface area contributed by atoms with Gasteiger partial charge in [0.2, 0.25) is 0 Å². The Morgan fingerprint density at radius 1 is 1.62 bits per heavy atom. The van der Waals surface area contributed by atoms with Crippen LogP contribution < -0.4 is 10.2 Å². The Kier molecular flexibility index (Phi) is 3.10. The lowest BCUT2D eigenvalue weighted by Crippen LogP contribution is -2.17. The molecule has 16 heavy (non-hydrogen) atoms. The van der Waals surface area contributed by atoms with Gasteiger partial charge in [-0.15, -0.1) is 0 Å². The summed E-state index contributed by atoms with van der Waals surface area (Å²) in [5.74, 6) is -0.283. The monoisotopic (exact) mass is 220 g/mol. The second-order valence-corrected chi connectivity index (χ2v) is 3.91. The zero-order valence-corrected chi connectivity index (χ0v) is 9.56. The minimum atomic E-state index is -0.283. The van der Waals surface area contributed by atoms with Gasteiger partial charge in [0.15, 0.2) is 0 Å². The van der Waals surface area contributed by atoms with E-state index in [1.165, 1.54) is 7.11 Å². The average Bonchev–Trinajstić information content (AvgIpc) is 3.08. The Morgan fingerprint density at radius 3 is 3.12 bits per heavy atom. The van der Waals surface area contributed by atoms with Gasteiger partial charge < -0.3 is 15.0 Å². The zero-order valence-electron chi connectivity index (χ0n) is 9.56. The van der Waals surface area contributed by atoms with Crippen LogP contribution in [0.4, 0.5) is 5.69 Å². The number of rotatable bonds is 4. The van der Waals surface area contributed by atoms with E-state index in [-0.39, 0.29) is 5.97 Å². The van der Waals surface area contributed by atoms with Crippen LogP contribution in [0.5, 0.6) is 0 Å². The summed E-state index contributed by atoms with van der Waals surface area (Å²) in [4.78, 5) is 13.6. The highest BCUT2D eigenvalue weighted by Gasteiger charge is 2.33. The number of hydrogen-bond donors (Lipinski definition) is 1. The topological polar surface area (TPSA) is 41.3 Å². The van der Waals surface area contributed by atoms with E-state index in [9.17, 15) is 4.79 Å². The fraction of sp³-hybridized carbons (Fsp3) is 0.417. The van der Waals surface area contributed by atoms with Crippen LogP contribution in [0.2, 0.25) is 0 Å². The Bertz CT molecular complexity index is 392. The molecule has 2 rings (SSSR count). The molecule has 1 aliphatic rings. The molecule has 1 aliphatic heterocycles. The van der Waals surface area contributed by atoms with Crippen molar-refractivity contribution in [2.24, 2.45) is 0 Å². The Labute approximate surface area is 95.2 Å². The first kappa shape index (κ1) is 11.0. The number of esters is 1. The van der Waals surface area contributed by atoms with E-state index in [0.717, 1.165) is 18.8 Å². The van der Waals surface area contributed by atoms with Crippen molar-refractivity contribution in [3.63, 3.8) is 0 Å². The molecule has 4 heteroatoms. The maximum Gasteiger partial charge on any atom is 0.337 e. The maximum absolute atomic E-state index is 11.4. The number of ether oxygens (including phenoxy) is 1. The molecule has 0 saturated carbocycles. The van der Waals surface area contributed by atoms with Crippen molar-refractivity contribution >= 4 is 11.7 Å². The number of benzene rings is 1. The predicted molar refractivity (Wildman–Crippen MR) is 62.8 cm³/mol. The van der Waals surface area contributed by atoms with Crippen molar-refractivity contribution in [3.8, 4) is 0 Å². The van der Waals surface area contributed by atoms with Crippen molar-refractivity contribution in [3.05, 3.63) is 29.8 Å². The Morgan fingerprint density at radius 2 is 2.44 bits per heavy atom. The van der Waals surface area contributed by atoms with Gasteiger partial charge in [0.1, 0.15) is 0 Å². The van der Waals surface area contributed by atoms with Crippen LogP contribution in [0.15, 0.2) is 24.3 Å². The quantitative estimate of drug-likeness (QED) is 0.604. The second-order valence-electron chi connectivity index (χ2n) is 3.91. The summed E-state index contributed by atoms with van der Waals surface area (Å²) in [6.45, 7) is 2.02. The highest BCUT2D eigenvalue weighted by Crippen LogP contribution is 2.27. The van der Waals surface area contributed by atoms with Crippen molar-refractivity contribution in [1.29, 1.82) is 0 Å². The van der Waals surface area contributed by atoms with Crippen LogP contribution in [0.25, 0.3) is 0 Å². The minimum Gasteiger partial charge on any atom is -0.465 e. The number of carbonyl (C=O) groups is 1. The van der Waals surface area contributed by atoms with E-state index in [0.29, 0.717) is 11.6 Å². The fourth-order valence-corrected chi connectivity index (χ4v) is 1.84. The number of anilines is 1. The molecule has 1 fully saturated rings. The Hall–Kier alpha value is -1.55. The largest absolute Gasteiger partial charge is 0.465 e. The lowest BCUT2D eigenvalue weighted by Gasteiger charge is -2.07. The van der Waals surface area contributed by atoms with E-state index in [1.807, 2.05) is 25.2 Å². The number of likely N-dealkylation sites (N-methyl/N-ethyl adjacent to an activating group) is 1. The molecule has 0 aliphatic carbocycles. The molecule has 1 aromatic rings. The van der Waals surface area contributed by atoms with Crippen LogP contribution in [0.1, 0.15) is 10.4 Å². The average molecular weight is 220 g/mol. The first-order valence-electron chi connectivity index (χ1n) is 5.36. The highest BCUT2D eigenvalue weighted by atomic mass is 16.5.